The maximum absolute atomic E-state index is 13.6. The molecule has 1 saturated carbocycles. The van der Waals surface area contributed by atoms with Crippen LogP contribution >= 0.6 is 0 Å². The van der Waals surface area contributed by atoms with Crippen LogP contribution in [-0.2, 0) is 14.4 Å². The third-order valence-corrected chi connectivity index (χ3v) is 5.32. The summed E-state index contributed by atoms with van der Waals surface area (Å²) in [6, 6.07) is 18.5. The first-order valence-corrected chi connectivity index (χ1v) is 10.0. The molecule has 6 heteroatoms. The fourth-order valence-electron chi connectivity index (χ4n) is 3.94. The van der Waals surface area contributed by atoms with Crippen molar-refractivity contribution in [2.45, 2.75) is 44.6 Å². The lowest BCUT2D eigenvalue weighted by molar-refractivity contribution is -0.128. The van der Waals surface area contributed by atoms with Gasteiger partial charge in [0.2, 0.25) is 11.8 Å². The molecule has 0 radical (unpaired) electrons. The van der Waals surface area contributed by atoms with Gasteiger partial charge in [0, 0.05) is 18.3 Å². The number of para-hydroxylation sites is 2. The second-order valence-electron chi connectivity index (χ2n) is 7.39. The van der Waals surface area contributed by atoms with E-state index in [2.05, 4.69) is 10.6 Å². The zero-order chi connectivity index (χ0) is 20.7. The van der Waals surface area contributed by atoms with Gasteiger partial charge in [0.1, 0.15) is 5.54 Å². The molecule has 1 fully saturated rings. The number of hydrogen-bond donors (Lipinski definition) is 2. The maximum Gasteiger partial charge on any atom is 0.250 e. The van der Waals surface area contributed by atoms with Crippen molar-refractivity contribution in [3.05, 3.63) is 60.7 Å². The number of rotatable bonds is 6. The van der Waals surface area contributed by atoms with Crippen LogP contribution in [0.2, 0.25) is 0 Å². The fourth-order valence-corrected chi connectivity index (χ4v) is 3.94. The van der Waals surface area contributed by atoms with E-state index in [4.69, 9.17) is 0 Å². The summed E-state index contributed by atoms with van der Waals surface area (Å²) in [5, 5.41) is 5.58. The first-order chi connectivity index (χ1) is 14.0. The van der Waals surface area contributed by atoms with Crippen molar-refractivity contribution in [1.29, 1.82) is 0 Å². The molecule has 1 aliphatic carbocycles. The standard InChI is InChI=1S/C23H27N3O3/c1-18(27)24-17-21(28)26(20-13-7-3-8-14-20)23(15-9-4-10-16-23)22(29)25-19-11-5-2-6-12-19/h2-3,5-8,11-14H,4,9-10,15-17H2,1H3,(H,24,27)(H,25,29). The summed E-state index contributed by atoms with van der Waals surface area (Å²) in [6.45, 7) is 1.23. The van der Waals surface area contributed by atoms with E-state index in [-0.39, 0.29) is 24.3 Å². The Morgan fingerprint density at radius 1 is 0.897 bits per heavy atom. The Hall–Kier alpha value is -3.15. The average molecular weight is 393 g/mol. The number of carbonyl (C=O) groups excluding carboxylic acids is 3. The van der Waals surface area contributed by atoms with Crippen molar-refractivity contribution in [2.75, 3.05) is 16.8 Å². The third kappa shape index (κ3) is 4.83. The largest absolute Gasteiger partial charge is 0.347 e. The average Bonchev–Trinajstić information content (AvgIpc) is 2.74. The van der Waals surface area contributed by atoms with E-state index < -0.39 is 5.54 Å². The zero-order valence-corrected chi connectivity index (χ0v) is 16.7. The molecular formula is C23H27N3O3. The van der Waals surface area contributed by atoms with Crippen LogP contribution in [0.1, 0.15) is 39.0 Å². The van der Waals surface area contributed by atoms with Crippen LogP contribution in [0.5, 0.6) is 0 Å². The molecule has 0 aliphatic heterocycles. The maximum atomic E-state index is 13.6. The highest BCUT2D eigenvalue weighted by atomic mass is 16.2. The number of nitrogens with one attached hydrogen (secondary N) is 2. The first-order valence-electron chi connectivity index (χ1n) is 10.0. The quantitative estimate of drug-likeness (QED) is 0.788. The van der Waals surface area contributed by atoms with Crippen LogP contribution in [-0.4, -0.2) is 29.8 Å². The van der Waals surface area contributed by atoms with Crippen molar-refractivity contribution >= 4 is 29.1 Å². The van der Waals surface area contributed by atoms with Gasteiger partial charge in [-0.3, -0.25) is 19.3 Å². The van der Waals surface area contributed by atoms with E-state index in [0.717, 1.165) is 19.3 Å². The van der Waals surface area contributed by atoms with Gasteiger partial charge in [0.15, 0.2) is 0 Å². The van der Waals surface area contributed by atoms with E-state index in [1.165, 1.54) is 6.92 Å². The minimum atomic E-state index is -0.995. The third-order valence-electron chi connectivity index (χ3n) is 5.32. The van der Waals surface area contributed by atoms with Gasteiger partial charge in [-0.15, -0.1) is 0 Å². The topological polar surface area (TPSA) is 78.5 Å². The molecule has 0 saturated heterocycles. The SMILES string of the molecule is CC(=O)NCC(=O)N(c1ccccc1)C1(C(=O)Nc2ccccc2)CCCCC1. The van der Waals surface area contributed by atoms with E-state index >= 15 is 0 Å². The van der Waals surface area contributed by atoms with Gasteiger partial charge < -0.3 is 10.6 Å². The van der Waals surface area contributed by atoms with E-state index in [0.29, 0.717) is 24.2 Å². The number of nitrogens with zero attached hydrogens (tertiary/aromatic N) is 1. The first kappa shape index (κ1) is 20.6. The second kappa shape index (κ2) is 9.37. The van der Waals surface area contributed by atoms with Crippen LogP contribution < -0.4 is 15.5 Å². The van der Waals surface area contributed by atoms with Crippen molar-refractivity contribution in [2.24, 2.45) is 0 Å². The number of amides is 3. The van der Waals surface area contributed by atoms with Gasteiger partial charge in [-0.1, -0.05) is 55.7 Å². The lowest BCUT2D eigenvalue weighted by Crippen LogP contribution is -2.62. The summed E-state index contributed by atoms with van der Waals surface area (Å²) in [5.74, 6) is -0.766. The highest BCUT2D eigenvalue weighted by molar-refractivity contribution is 6.09. The summed E-state index contributed by atoms with van der Waals surface area (Å²) in [4.78, 5) is 39.8. The molecule has 0 aromatic heterocycles. The second-order valence-corrected chi connectivity index (χ2v) is 7.39. The van der Waals surface area contributed by atoms with Crippen molar-refractivity contribution in [3.8, 4) is 0 Å². The molecule has 1 aliphatic rings. The van der Waals surface area contributed by atoms with Gasteiger partial charge in [0.05, 0.1) is 6.54 Å². The van der Waals surface area contributed by atoms with Gasteiger partial charge in [-0.25, -0.2) is 0 Å². The Morgan fingerprint density at radius 2 is 1.48 bits per heavy atom. The van der Waals surface area contributed by atoms with Crippen LogP contribution in [0.3, 0.4) is 0 Å². The van der Waals surface area contributed by atoms with E-state index in [1.807, 2.05) is 60.7 Å². The Kier molecular flexibility index (Phi) is 6.65. The lowest BCUT2D eigenvalue weighted by atomic mass is 9.78. The summed E-state index contributed by atoms with van der Waals surface area (Å²) in [5.41, 5.74) is 0.364. The Bertz CT molecular complexity index is 846. The molecule has 152 valence electrons. The van der Waals surface area contributed by atoms with Gasteiger partial charge in [-0.05, 0) is 37.1 Å². The molecule has 0 atom stereocenters. The molecule has 2 N–H and O–H groups in total. The van der Waals surface area contributed by atoms with Gasteiger partial charge in [-0.2, -0.15) is 0 Å². The molecule has 0 bridgehead atoms. The molecule has 3 amide bonds. The van der Waals surface area contributed by atoms with Crippen LogP contribution in [0.25, 0.3) is 0 Å². The monoisotopic (exact) mass is 393 g/mol. The molecule has 6 nitrogen and oxygen atoms in total. The summed E-state index contributed by atoms with van der Waals surface area (Å²) >= 11 is 0. The molecule has 0 spiro atoms. The smallest absolute Gasteiger partial charge is 0.250 e. The Balaban J connectivity index is 1.99. The lowest BCUT2D eigenvalue weighted by Gasteiger charge is -2.45. The number of hydrogen-bond acceptors (Lipinski definition) is 3. The Morgan fingerprint density at radius 3 is 2.07 bits per heavy atom. The van der Waals surface area contributed by atoms with E-state index in [1.54, 1.807) is 4.90 Å². The zero-order valence-electron chi connectivity index (χ0n) is 16.7. The number of carbonyl (C=O) groups is 3. The number of anilines is 2. The van der Waals surface area contributed by atoms with Crippen LogP contribution in [0, 0.1) is 0 Å². The molecule has 3 rings (SSSR count). The van der Waals surface area contributed by atoms with Gasteiger partial charge >= 0.3 is 0 Å². The van der Waals surface area contributed by atoms with E-state index in [9.17, 15) is 14.4 Å². The van der Waals surface area contributed by atoms with Crippen molar-refractivity contribution < 1.29 is 14.4 Å². The minimum absolute atomic E-state index is 0.148. The highest BCUT2D eigenvalue weighted by Crippen LogP contribution is 2.38. The summed E-state index contributed by atoms with van der Waals surface area (Å²) in [6.07, 6.45) is 3.90. The molecule has 29 heavy (non-hydrogen) atoms. The summed E-state index contributed by atoms with van der Waals surface area (Å²) < 4.78 is 0. The van der Waals surface area contributed by atoms with Crippen LogP contribution in [0.4, 0.5) is 11.4 Å². The normalized spacial score (nSPS) is 15.2. The predicted octanol–water partition coefficient (Wildman–Crippen LogP) is 3.50. The molecule has 0 unspecified atom stereocenters. The molecule has 0 heterocycles. The minimum Gasteiger partial charge on any atom is -0.347 e. The fraction of sp³-hybridized carbons (Fsp3) is 0.348. The van der Waals surface area contributed by atoms with Crippen molar-refractivity contribution in [3.63, 3.8) is 0 Å². The molecule has 2 aromatic carbocycles. The predicted molar refractivity (Wildman–Crippen MR) is 113 cm³/mol. The summed E-state index contributed by atoms with van der Waals surface area (Å²) in [7, 11) is 0. The molecule has 2 aromatic rings. The highest BCUT2D eigenvalue weighted by Gasteiger charge is 2.47. The van der Waals surface area contributed by atoms with Crippen LogP contribution in [0.15, 0.2) is 60.7 Å². The van der Waals surface area contributed by atoms with Gasteiger partial charge in [0.25, 0.3) is 5.91 Å². The number of benzene rings is 2. The van der Waals surface area contributed by atoms with Crippen molar-refractivity contribution in [1.82, 2.24) is 5.32 Å². The Labute approximate surface area is 171 Å². The molecular weight excluding hydrogens is 366 g/mol.